The number of aryl methyl sites for hydroxylation is 1. The van der Waals surface area contributed by atoms with E-state index in [1.807, 2.05) is 19.1 Å². The van der Waals surface area contributed by atoms with E-state index < -0.39 is 5.82 Å². The highest BCUT2D eigenvalue weighted by Gasteiger charge is 2.18. The summed E-state index contributed by atoms with van der Waals surface area (Å²) < 4.78 is 13.0. The van der Waals surface area contributed by atoms with Gasteiger partial charge >= 0.3 is 0 Å². The number of nitrogen functional groups attached to an aromatic ring is 1. The number of anilines is 3. The Morgan fingerprint density at radius 3 is 2.62 bits per heavy atom. The lowest BCUT2D eigenvalue weighted by Gasteiger charge is -2.06. The number of hydrogen-bond donors (Lipinski definition) is 2. The van der Waals surface area contributed by atoms with Gasteiger partial charge in [-0.1, -0.05) is 22.9 Å². The lowest BCUT2D eigenvalue weighted by Crippen LogP contribution is -2.02. The Morgan fingerprint density at radius 2 is 1.96 bits per heavy atom. The van der Waals surface area contributed by atoms with Crippen LogP contribution in [0.25, 0.3) is 0 Å². The van der Waals surface area contributed by atoms with Crippen molar-refractivity contribution >= 4 is 45.4 Å². The standard InChI is InChI=1S/C17H13ClFN3OS/c1-9-8-11(18)4-7-13(9)21-17-22-16(20)15(24-17)14(23)10-2-5-12(19)6-3-10/h2-8H,20H2,1H3,(H,21,22). The summed E-state index contributed by atoms with van der Waals surface area (Å²) in [6, 6.07) is 10.7. The number of halogens is 2. The van der Waals surface area contributed by atoms with Gasteiger partial charge in [0.05, 0.1) is 0 Å². The second kappa shape index (κ2) is 6.59. The van der Waals surface area contributed by atoms with E-state index in [0.717, 1.165) is 22.6 Å². The van der Waals surface area contributed by atoms with E-state index >= 15 is 0 Å². The maximum atomic E-state index is 13.0. The Hall–Kier alpha value is -2.44. The summed E-state index contributed by atoms with van der Waals surface area (Å²) in [5.41, 5.74) is 8.01. The summed E-state index contributed by atoms with van der Waals surface area (Å²) in [6.45, 7) is 1.91. The second-order valence-electron chi connectivity index (χ2n) is 5.15. The minimum Gasteiger partial charge on any atom is -0.382 e. The van der Waals surface area contributed by atoms with Gasteiger partial charge in [-0.3, -0.25) is 4.79 Å². The topological polar surface area (TPSA) is 68.0 Å². The van der Waals surface area contributed by atoms with Crippen molar-refractivity contribution in [1.82, 2.24) is 4.98 Å². The van der Waals surface area contributed by atoms with Crippen molar-refractivity contribution in [3.05, 3.63) is 69.3 Å². The van der Waals surface area contributed by atoms with Crippen molar-refractivity contribution in [1.29, 1.82) is 0 Å². The number of benzene rings is 2. The number of hydrogen-bond acceptors (Lipinski definition) is 5. The molecule has 0 spiro atoms. The SMILES string of the molecule is Cc1cc(Cl)ccc1Nc1nc(N)c(C(=O)c2ccc(F)cc2)s1. The first-order chi connectivity index (χ1) is 11.4. The Morgan fingerprint density at radius 1 is 1.25 bits per heavy atom. The molecule has 0 saturated carbocycles. The van der Waals surface area contributed by atoms with Crippen molar-refractivity contribution in [2.75, 3.05) is 11.1 Å². The largest absolute Gasteiger partial charge is 0.382 e. The molecule has 0 bridgehead atoms. The molecule has 3 N–H and O–H groups in total. The van der Waals surface area contributed by atoms with Crippen LogP contribution in [0.1, 0.15) is 20.8 Å². The molecule has 0 aliphatic carbocycles. The van der Waals surface area contributed by atoms with E-state index in [2.05, 4.69) is 10.3 Å². The monoisotopic (exact) mass is 361 g/mol. The molecule has 0 aliphatic heterocycles. The number of ketones is 1. The zero-order valence-electron chi connectivity index (χ0n) is 12.6. The quantitative estimate of drug-likeness (QED) is 0.655. The van der Waals surface area contributed by atoms with Gasteiger partial charge in [-0.05, 0) is 55.0 Å². The number of thiazole rings is 1. The summed E-state index contributed by atoms with van der Waals surface area (Å²) in [7, 11) is 0. The Labute approximate surface area is 147 Å². The molecule has 122 valence electrons. The number of aromatic nitrogens is 1. The van der Waals surface area contributed by atoms with Crippen molar-refractivity contribution < 1.29 is 9.18 Å². The molecule has 1 aromatic heterocycles. The Balaban J connectivity index is 1.87. The highest BCUT2D eigenvalue weighted by atomic mass is 35.5. The van der Waals surface area contributed by atoms with Gasteiger partial charge < -0.3 is 11.1 Å². The predicted octanol–water partition coefficient (Wildman–Crippen LogP) is 4.80. The van der Waals surface area contributed by atoms with Crippen molar-refractivity contribution in [3.63, 3.8) is 0 Å². The fourth-order valence-electron chi connectivity index (χ4n) is 2.16. The summed E-state index contributed by atoms with van der Waals surface area (Å²) >= 11 is 7.09. The van der Waals surface area contributed by atoms with Gasteiger partial charge in [-0.15, -0.1) is 0 Å². The molecule has 24 heavy (non-hydrogen) atoms. The van der Waals surface area contributed by atoms with Crippen molar-refractivity contribution in [3.8, 4) is 0 Å². The average molecular weight is 362 g/mol. The lowest BCUT2D eigenvalue weighted by atomic mass is 10.1. The molecule has 3 aromatic rings. The molecule has 0 amide bonds. The second-order valence-corrected chi connectivity index (χ2v) is 6.59. The van der Waals surface area contributed by atoms with E-state index in [9.17, 15) is 9.18 Å². The van der Waals surface area contributed by atoms with Crippen molar-refractivity contribution in [2.24, 2.45) is 0 Å². The maximum Gasteiger partial charge on any atom is 0.206 e. The van der Waals surface area contributed by atoms with E-state index in [4.69, 9.17) is 17.3 Å². The van der Waals surface area contributed by atoms with Crippen LogP contribution in [-0.2, 0) is 0 Å². The fourth-order valence-corrected chi connectivity index (χ4v) is 3.25. The number of nitrogens with two attached hydrogens (primary N) is 1. The highest BCUT2D eigenvalue weighted by molar-refractivity contribution is 7.18. The molecule has 4 nitrogen and oxygen atoms in total. The van der Waals surface area contributed by atoms with Crippen LogP contribution in [0.15, 0.2) is 42.5 Å². The lowest BCUT2D eigenvalue weighted by molar-refractivity contribution is 0.104. The first-order valence-electron chi connectivity index (χ1n) is 7.04. The molecule has 0 aliphatic rings. The van der Waals surface area contributed by atoms with E-state index in [-0.39, 0.29) is 11.6 Å². The molecule has 0 atom stereocenters. The first kappa shape index (κ1) is 16.4. The Bertz CT molecular complexity index is 909. The maximum absolute atomic E-state index is 13.0. The van der Waals surface area contributed by atoms with E-state index in [1.165, 1.54) is 24.3 Å². The molecular formula is C17H13ClFN3OS. The first-order valence-corrected chi connectivity index (χ1v) is 8.23. The van der Waals surface area contributed by atoms with Crippen LogP contribution >= 0.6 is 22.9 Å². The molecule has 1 heterocycles. The van der Waals surface area contributed by atoms with Gasteiger partial charge in [-0.2, -0.15) is 0 Å². The van der Waals surface area contributed by atoms with Crippen LogP contribution in [-0.4, -0.2) is 10.8 Å². The number of carbonyl (C=O) groups is 1. The van der Waals surface area contributed by atoms with Gasteiger partial charge in [-0.25, -0.2) is 9.37 Å². The van der Waals surface area contributed by atoms with E-state index in [1.54, 1.807) is 6.07 Å². The molecule has 0 radical (unpaired) electrons. The third kappa shape index (κ3) is 3.39. The smallest absolute Gasteiger partial charge is 0.206 e. The molecule has 3 rings (SSSR count). The minimum atomic E-state index is -0.399. The molecular weight excluding hydrogens is 349 g/mol. The number of rotatable bonds is 4. The van der Waals surface area contributed by atoms with Crippen LogP contribution in [0, 0.1) is 12.7 Å². The van der Waals surface area contributed by atoms with Crippen molar-refractivity contribution in [2.45, 2.75) is 6.92 Å². The summed E-state index contributed by atoms with van der Waals surface area (Å²) in [4.78, 5) is 17.0. The summed E-state index contributed by atoms with van der Waals surface area (Å²) in [5.74, 6) is -0.543. The summed E-state index contributed by atoms with van der Waals surface area (Å²) in [6.07, 6.45) is 0. The van der Waals surface area contributed by atoms with Crippen LogP contribution in [0.4, 0.5) is 21.0 Å². The number of carbonyl (C=O) groups excluding carboxylic acids is 1. The van der Waals surface area contributed by atoms with Crippen LogP contribution in [0.2, 0.25) is 5.02 Å². The highest BCUT2D eigenvalue weighted by Crippen LogP contribution is 2.31. The van der Waals surface area contributed by atoms with Gasteiger partial charge in [0.2, 0.25) is 5.78 Å². The average Bonchev–Trinajstić information content (AvgIpc) is 2.91. The molecule has 0 unspecified atom stereocenters. The van der Waals surface area contributed by atoms with Gasteiger partial charge in [0.1, 0.15) is 16.5 Å². The molecule has 2 aromatic carbocycles. The summed E-state index contributed by atoms with van der Waals surface area (Å²) in [5, 5.41) is 4.28. The van der Waals surface area contributed by atoms with E-state index in [0.29, 0.717) is 20.6 Å². The van der Waals surface area contributed by atoms with Gasteiger partial charge in [0.15, 0.2) is 5.13 Å². The van der Waals surface area contributed by atoms with Crippen LogP contribution < -0.4 is 11.1 Å². The molecule has 0 fully saturated rings. The predicted molar refractivity (Wildman–Crippen MR) is 95.8 cm³/mol. The minimum absolute atomic E-state index is 0.142. The third-order valence-electron chi connectivity index (χ3n) is 3.40. The third-order valence-corrected chi connectivity index (χ3v) is 4.62. The zero-order chi connectivity index (χ0) is 17.3. The molecule has 0 saturated heterocycles. The Kier molecular flexibility index (Phi) is 4.51. The van der Waals surface area contributed by atoms with Gasteiger partial charge in [0.25, 0.3) is 0 Å². The number of nitrogens with zero attached hydrogens (tertiary/aromatic N) is 1. The van der Waals surface area contributed by atoms with Crippen LogP contribution in [0.3, 0.4) is 0 Å². The van der Waals surface area contributed by atoms with Gasteiger partial charge in [0, 0.05) is 16.3 Å². The normalized spacial score (nSPS) is 10.6. The number of nitrogens with one attached hydrogen (secondary N) is 1. The zero-order valence-corrected chi connectivity index (χ0v) is 14.2. The van der Waals surface area contributed by atoms with Crippen LogP contribution in [0.5, 0.6) is 0 Å². The fraction of sp³-hybridized carbons (Fsp3) is 0.0588. The molecule has 7 heteroatoms.